The van der Waals surface area contributed by atoms with Gasteiger partial charge in [0.25, 0.3) is 0 Å². The highest BCUT2D eigenvalue weighted by Gasteiger charge is 2.24. The van der Waals surface area contributed by atoms with Crippen LogP contribution in [0.15, 0.2) is 30.5 Å². The fraction of sp³-hybridized carbons (Fsp3) is 0.450. The summed E-state index contributed by atoms with van der Waals surface area (Å²) in [6, 6.07) is 6.95. The number of hydrogen-bond donors (Lipinski definition) is 3. The highest BCUT2D eigenvalue weighted by Crippen LogP contribution is 2.25. The van der Waals surface area contributed by atoms with E-state index in [1.54, 1.807) is 22.9 Å². The molecule has 3 rings (SSSR count). The summed E-state index contributed by atoms with van der Waals surface area (Å²) in [5.41, 5.74) is 1.45. The van der Waals surface area contributed by atoms with Gasteiger partial charge in [-0.25, -0.2) is 0 Å². The number of carbonyl (C=O) groups is 3. The van der Waals surface area contributed by atoms with Crippen LogP contribution in [-0.2, 0) is 20.9 Å². The highest BCUT2D eigenvalue weighted by molar-refractivity contribution is 5.94. The van der Waals surface area contributed by atoms with Gasteiger partial charge in [-0.3, -0.25) is 14.4 Å². The van der Waals surface area contributed by atoms with E-state index >= 15 is 0 Å². The molecule has 0 aliphatic heterocycles. The molecule has 1 aromatic heterocycles. The predicted molar refractivity (Wildman–Crippen MR) is 102 cm³/mol. The first-order valence-electron chi connectivity index (χ1n) is 9.33. The van der Waals surface area contributed by atoms with E-state index in [2.05, 4.69) is 10.6 Å². The molecule has 144 valence electrons. The molecule has 7 nitrogen and oxygen atoms in total. The molecule has 0 radical (unpaired) electrons. The minimum atomic E-state index is -0.904. The van der Waals surface area contributed by atoms with E-state index in [1.165, 1.54) is 0 Å². The number of fused-ring (bicyclic) bond motifs is 1. The maximum atomic E-state index is 12.3. The molecule has 1 heterocycles. The van der Waals surface area contributed by atoms with Gasteiger partial charge in [-0.2, -0.15) is 0 Å². The first kappa shape index (κ1) is 18.9. The predicted octanol–water partition coefficient (Wildman–Crippen LogP) is 2.75. The molecule has 27 heavy (non-hydrogen) atoms. The van der Waals surface area contributed by atoms with Crippen LogP contribution < -0.4 is 10.6 Å². The Morgan fingerprint density at radius 1 is 1.22 bits per heavy atom. The molecule has 3 N–H and O–H groups in total. The molecule has 2 aromatic rings. The topological polar surface area (TPSA) is 100 Å². The number of carboxylic acid groups (broad SMARTS) is 1. The third-order valence-corrected chi connectivity index (χ3v) is 4.97. The Morgan fingerprint density at radius 2 is 1.96 bits per heavy atom. The lowest BCUT2D eigenvalue weighted by Crippen LogP contribution is -2.38. The van der Waals surface area contributed by atoms with Crippen molar-refractivity contribution in [2.24, 2.45) is 5.92 Å². The maximum absolute atomic E-state index is 12.3. The number of rotatable bonds is 7. The Kier molecular flexibility index (Phi) is 5.78. The van der Waals surface area contributed by atoms with E-state index in [0.29, 0.717) is 5.69 Å². The highest BCUT2D eigenvalue weighted by atomic mass is 16.4. The number of benzene rings is 1. The van der Waals surface area contributed by atoms with E-state index in [9.17, 15) is 14.4 Å². The van der Waals surface area contributed by atoms with Crippen molar-refractivity contribution >= 4 is 34.4 Å². The summed E-state index contributed by atoms with van der Waals surface area (Å²) in [4.78, 5) is 35.3. The van der Waals surface area contributed by atoms with Crippen molar-refractivity contribution in [2.75, 3.05) is 5.32 Å². The number of carbonyl (C=O) groups excluding carboxylic acids is 2. The van der Waals surface area contributed by atoms with Crippen molar-refractivity contribution in [3.05, 3.63) is 30.5 Å². The zero-order valence-corrected chi connectivity index (χ0v) is 15.4. The van der Waals surface area contributed by atoms with Gasteiger partial charge in [0.2, 0.25) is 11.8 Å². The first-order chi connectivity index (χ1) is 12.9. The standard InChI is InChI=1S/C20H25N3O4/c1-13(21-20(27)14-4-2-3-5-14)10-18(24)22-16-6-7-17-15(11-16)8-9-23(17)12-19(25)26/h6-9,11,13-14H,2-5,10,12H2,1H3,(H,21,27)(H,22,24)(H,25,26). The summed E-state index contributed by atoms with van der Waals surface area (Å²) < 4.78 is 1.64. The molecule has 1 unspecified atom stereocenters. The lowest BCUT2D eigenvalue weighted by atomic mass is 10.1. The van der Waals surface area contributed by atoms with Gasteiger partial charge in [0.1, 0.15) is 6.54 Å². The fourth-order valence-corrected chi connectivity index (χ4v) is 3.65. The largest absolute Gasteiger partial charge is 0.480 e. The molecule has 1 saturated carbocycles. The number of anilines is 1. The zero-order chi connectivity index (χ0) is 19.4. The molecule has 0 saturated heterocycles. The Labute approximate surface area is 157 Å². The van der Waals surface area contributed by atoms with Crippen LogP contribution in [0.3, 0.4) is 0 Å². The van der Waals surface area contributed by atoms with Gasteiger partial charge in [0.05, 0.1) is 0 Å². The van der Waals surface area contributed by atoms with Crippen LogP contribution >= 0.6 is 0 Å². The molecule has 1 aliphatic rings. The second kappa shape index (κ2) is 8.24. The minimum Gasteiger partial charge on any atom is -0.480 e. The van der Waals surface area contributed by atoms with Crippen LogP contribution in [0.4, 0.5) is 5.69 Å². The quantitative estimate of drug-likeness (QED) is 0.697. The second-order valence-corrected chi connectivity index (χ2v) is 7.25. The Hall–Kier alpha value is -2.83. The molecular formula is C20H25N3O4. The lowest BCUT2D eigenvalue weighted by Gasteiger charge is -2.16. The van der Waals surface area contributed by atoms with E-state index < -0.39 is 5.97 Å². The summed E-state index contributed by atoms with van der Waals surface area (Å²) in [6.07, 6.45) is 5.99. The van der Waals surface area contributed by atoms with Crippen molar-refractivity contribution in [3.63, 3.8) is 0 Å². The second-order valence-electron chi connectivity index (χ2n) is 7.25. The number of nitrogens with one attached hydrogen (secondary N) is 2. The van der Waals surface area contributed by atoms with Crippen molar-refractivity contribution < 1.29 is 19.5 Å². The third kappa shape index (κ3) is 4.87. The third-order valence-electron chi connectivity index (χ3n) is 4.97. The smallest absolute Gasteiger partial charge is 0.323 e. The van der Waals surface area contributed by atoms with Crippen LogP contribution in [-0.4, -0.2) is 33.5 Å². The van der Waals surface area contributed by atoms with Gasteiger partial charge in [-0.05, 0) is 44.0 Å². The molecule has 1 atom stereocenters. The SMILES string of the molecule is CC(CC(=O)Nc1ccc2c(ccn2CC(=O)O)c1)NC(=O)C1CCCC1. The summed E-state index contributed by atoms with van der Waals surface area (Å²) in [5.74, 6) is -0.932. The maximum Gasteiger partial charge on any atom is 0.323 e. The summed E-state index contributed by atoms with van der Waals surface area (Å²) in [6.45, 7) is 1.73. The van der Waals surface area contributed by atoms with Crippen molar-refractivity contribution in [1.29, 1.82) is 0 Å². The lowest BCUT2D eigenvalue weighted by molar-refractivity contribution is -0.137. The average Bonchev–Trinajstić information content (AvgIpc) is 3.24. The number of carboxylic acids is 1. The number of nitrogens with zero attached hydrogens (tertiary/aromatic N) is 1. The van der Waals surface area contributed by atoms with Gasteiger partial charge in [-0.15, -0.1) is 0 Å². The minimum absolute atomic E-state index is 0.0500. The van der Waals surface area contributed by atoms with Crippen LogP contribution in [0.25, 0.3) is 10.9 Å². The summed E-state index contributed by atoms with van der Waals surface area (Å²) in [5, 5.41) is 15.6. The fourth-order valence-electron chi connectivity index (χ4n) is 3.65. The summed E-state index contributed by atoms with van der Waals surface area (Å²) >= 11 is 0. The van der Waals surface area contributed by atoms with Crippen LogP contribution in [0.5, 0.6) is 0 Å². The van der Waals surface area contributed by atoms with Gasteiger partial charge >= 0.3 is 5.97 Å². The van der Waals surface area contributed by atoms with Gasteiger partial charge in [0.15, 0.2) is 0 Å². The molecular weight excluding hydrogens is 346 g/mol. The van der Waals surface area contributed by atoms with Gasteiger partial charge in [-0.1, -0.05) is 12.8 Å². The molecule has 1 aromatic carbocycles. The number of hydrogen-bond acceptors (Lipinski definition) is 3. The molecule has 1 aliphatic carbocycles. The van der Waals surface area contributed by atoms with Crippen molar-refractivity contribution in [3.8, 4) is 0 Å². The summed E-state index contributed by atoms with van der Waals surface area (Å²) in [7, 11) is 0. The van der Waals surface area contributed by atoms with E-state index in [0.717, 1.165) is 36.6 Å². The Morgan fingerprint density at radius 3 is 2.67 bits per heavy atom. The van der Waals surface area contributed by atoms with Gasteiger partial charge in [0, 0.05) is 41.2 Å². The molecule has 0 spiro atoms. The Balaban J connectivity index is 1.55. The van der Waals surface area contributed by atoms with E-state index in [1.807, 2.05) is 19.1 Å². The van der Waals surface area contributed by atoms with Crippen LogP contribution in [0, 0.1) is 5.92 Å². The van der Waals surface area contributed by atoms with E-state index in [4.69, 9.17) is 5.11 Å². The number of aliphatic carboxylic acids is 1. The normalized spacial score (nSPS) is 15.6. The number of amides is 2. The molecule has 1 fully saturated rings. The zero-order valence-electron chi connectivity index (χ0n) is 15.4. The van der Waals surface area contributed by atoms with Gasteiger partial charge < -0.3 is 20.3 Å². The average molecular weight is 371 g/mol. The molecule has 0 bridgehead atoms. The van der Waals surface area contributed by atoms with Crippen molar-refractivity contribution in [1.82, 2.24) is 9.88 Å². The monoisotopic (exact) mass is 371 g/mol. The van der Waals surface area contributed by atoms with Crippen LogP contribution in [0.2, 0.25) is 0 Å². The Bertz CT molecular complexity index is 852. The molecule has 7 heteroatoms. The van der Waals surface area contributed by atoms with Crippen molar-refractivity contribution in [2.45, 2.75) is 51.6 Å². The number of aromatic nitrogens is 1. The van der Waals surface area contributed by atoms with Crippen LogP contribution in [0.1, 0.15) is 39.0 Å². The first-order valence-corrected chi connectivity index (χ1v) is 9.33. The molecule has 2 amide bonds. The van der Waals surface area contributed by atoms with E-state index in [-0.39, 0.29) is 36.7 Å².